The Kier molecular flexibility index (Phi) is 7.69. The van der Waals surface area contributed by atoms with Gasteiger partial charge in [-0.05, 0) is 35.1 Å². The Balaban J connectivity index is 2.64. The van der Waals surface area contributed by atoms with Gasteiger partial charge in [-0.15, -0.1) is 0 Å². The number of nitro benzene ring substituents is 1. The van der Waals surface area contributed by atoms with Crippen molar-refractivity contribution >= 4 is 45.2 Å². The lowest BCUT2D eigenvalue weighted by atomic mass is 9.54. The predicted molar refractivity (Wildman–Crippen MR) is 127 cm³/mol. The second-order valence-electron chi connectivity index (χ2n) is 9.63. The van der Waals surface area contributed by atoms with Crippen LogP contribution >= 0.6 is 27.5 Å². The lowest BCUT2D eigenvalue weighted by molar-refractivity contribution is -0.385. The van der Waals surface area contributed by atoms with Crippen molar-refractivity contribution in [2.45, 2.75) is 41.5 Å². The highest BCUT2D eigenvalue weighted by Crippen LogP contribution is 2.53. The van der Waals surface area contributed by atoms with Crippen LogP contribution in [0.1, 0.15) is 41.5 Å². The molecule has 2 aromatic carbocycles. The van der Waals surface area contributed by atoms with Gasteiger partial charge in [0.15, 0.2) is 11.2 Å². The van der Waals surface area contributed by atoms with Gasteiger partial charge in [0, 0.05) is 15.6 Å². The number of benzene rings is 2. The first-order chi connectivity index (χ1) is 15.4. The molecule has 184 valence electrons. The van der Waals surface area contributed by atoms with Crippen molar-refractivity contribution in [2.75, 3.05) is 0 Å². The minimum atomic E-state index is -2.09. The number of carbonyl (C=O) groups excluding carboxylic acids is 1. The summed E-state index contributed by atoms with van der Waals surface area (Å²) in [6.07, 6.45) is 0. The maximum Gasteiger partial charge on any atom is 0.330 e. The zero-order valence-corrected chi connectivity index (χ0v) is 21.7. The first-order valence-electron chi connectivity index (χ1n) is 10.00. The Bertz CT molecular complexity index is 1120. The minimum absolute atomic E-state index is 0.0193. The molecule has 2 aromatic rings. The van der Waals surface area contributed by atoms with E-state index in [1.54, 1.807) is 41.5 Å². The summed E-state index contributed by atoms with van der Waals surface area (Å²) in [5.74, 6) is -5.57. The van der Waals surface area contributed by atoms with Crippen molar-refractivity contribution in [1.29, 1.82) is 0 Å². The Hall–Kier alpha value is -2.72. The minimum Gasteiger partial charge on any atom is -0.480 e. The first kappa shape index (κ1) is 27.5. The van der Waals surface area contributed by atoms with E-state index < -0.39 is 56.1 Å². The standard InChI is InChI=1S/C23H24BrClFNO7/c1-21(2,3)23(19(28)29,22(4,5)6)20(30)34-16-8-7-15(27(31)32)18(17(16)26)33-14-10-12(24)9-13(25)11-14/h7-11H,1-6H3,(H,28,29). The van der Waals surface area contributed by atoms with E-state index in [2.05, 4.69) is 15.9 Å². The lowest BCUT2D eigenvalue weighted by Crippen LogP contribution is -2.59. The van der Waals surface area contributed by atoms with Crippen molar-refractivity contribution in [3.05, 3.63) is 55.8 Å². The van der Waals surface area contributed by atoms with E-state index in [1.165, 1.54) is 18.2 Å². The number of carboxylic acids is 1. The fourth-order valence-electron chi connectivity index (χ4n) is 4.20. The van der Waals surface area contributed by atoms with E-state index in [0.717, 1.165) is 12.1 Å². The van der Waals surface area contributed by atoms with Gasteiger partial charge in [-0.25, -0.2) is 0 Å². The molecule has 34 heavy (non-hydrogen) atoms. The van der Waals surface area contributed by atoms with Crippen LogP contribution in [0.5, 0.6) is 17.2 Å². The van der Waals surface area contributed by atoms with Gasteiger partial charge in [0.2, 0.25) is 11.6 Å². The maximum atomic E-state index is 15.4. The van der Waals surface area contributed by atoms with Crippen LogP contribution in [0.15, 0.2) is 34.8 Å². The average molecular weight is 561 g/mol. The van der Waals surface area contributed by atoms with Gasteiger partial charge in [0.05, 0.1) is 4.92 Å². The van der Waals surface area contributed by atoms with Crippen LogP contribution < -0.4 is 9.47 Å². The van der Waals surface area contributed by atoms with Crippen LogP contribution in [-0.2, 0) is 9.59 Å². The van der Waals surface area contributed by atoms with Crippen LogP contribution in [0, 0.1) is 32.2 Å². The van der Waals surface area contributed by atoms with Crippen LogP contribution in [0.25, 0.3) is 0 Å². The molecule has 0 heterocycles. The number of aliphatic carboxylic acids is 1. The quantitative estimate of drug-likeness (QED) is 0.133. The SMILES string of the molecule is CC(C)(C)C(C(=O)O)(C(=O)Oc1ccc([N+](=O)[O-])c(Oc2cc(Cl)cc(Br)c2)c1F)C(C)(C)C. The third-order valence-electron chi connectivity index (χ3n) is 5.37. The average Bonchev–Trinajstić information content (AvgIpc) is 2.61. The van der Waals surface area contributed by atoms with Gasteiger partial charge in [-0.2, -0.15) is 4.39 Å². The number of esters is 1. The van der Waals surface area contributed by atoms with E-state index in [1.807, 2.05) is 0 Å². The summed E-state index contributed by atoms with van der Waals surface area (Å²) < 4.78 is 26.6. The summed E-state index contributed by atoms with van der Waals surface area (Å²) in [6.45, 7) is 9.37. The third kappa shape index (κ3) is 5.02. The number of ether oxygens (including phenoxy) is 2. The highest BCUT2D eigenvalue weighted by Gasteiger charge is 2.63. The van der Waals surface area contributed by atoms with Crippen molar-refractivity contribution < 1.29 is 33.5 Å². The summed E-state index contributed by atoms with van der Waals surface area (Å²) >= 11 is 9.16. The molecule has 8 nitrogen and oxygen atoms in total. The Morgan fingerprint density at radius 3 is 2.09 bits per heavy atom. The van der Waals surface area contributed by atoms with Crippen LogP contribution in [0.4, 0.5) is 10.1 Å². The first-order valence-corrected chi connectivity index (χ1v) is 11.2. The van der Waals surface area contributed by atoms with Gasteiger partial charge in [0.1, 0.15) is 5.75 Å². The second kappa shape index (κ2) is 9.50. The van der Waals surface area contributed by atoms with Crippen molar-refractivity contribution in [3.63, 3.8) is 0 Å². The number of nitro groups is 1. The van der Waals surface area contributed by atoms with Crippen LogP contribution in [0.3, 0.4) is 0 Å². The highest BCUT2D eigenvalue weighted by atomic mass is 79.9. The molecule has 0 aliphatic heterocycles. The fraction of sp³-hybridized carbons (Fsp3) is 0.391. The zero-order chi connectivity index (χ0) is 26.2. The molecule has 0 atom stereocenters. The smallest absolute Gasteiger partial charge is 0.330 e. The van der Waals surface area contributed by atoms with Crippen molar-refractivity contribution in [3.8, 4) is 17.2 Å². The molecule has 0 spiro atoms. The van der Waals surface area contributed by atoms with E-state index in [0.29, 0.717) is 4.47 Å². The molecule has 0 fully saturated rings. The second-order valence-corrected chi connectivity index (χ2v) is 11.0. The molecule has 0 aliphatic rings. The van der Waals surface area contributed by atoms with Gasteiger partial charge in [0.25, 0.3) is 0 Å². The molecule has 1 N–H and O–H groups in total. The van der Waals surface area contributed by atoms with Gasteiger partial charge in [-0.3, -0.25) is 19.7 Å². The van der Waals surface area contributed by atoms with Crippen LogP contribution in [-0.4, -0.2) is 22.0 Å². The largest absolute Gasteiger partial charge is 0.480 e. The molecule has 0 amide bonds. The Morgan fingerprint density at radius 2 is 1.65 bits per heavy atom. The molecule has 0 bridgehead atoms. The van der Waals surface area contributed by atoms with Gasteiger partial charge >= 0.3 is 17.6 Å². The molecule has 0 saturated heterocycles. The van der Waals surface area contributed by atoms with Crippen molar-refractivity contribution in [2.24, 2.45) is 16.2 Å². The number of carbonyl (C=O) groups is 2. The van der Waals surface area contributed by atoms with E-state index in [4.69, 9.17) is 21.1 Å². The van der Waals surface area contributed by atoms with Crippen LogP contribution in [0.2, 0.25) is 5.02 Å². The zero-order valence-electron chi connectivity index (χ0n) is 19.4. The number of halogens is 3. The normalized spacial score (nSPS) is 12.3. The molecule has 11 heteroatoms. The lowest BCUT2D eigenvalue weighted by Gasteiger charge is -2.47. The molecule has 0 saturated carbocycles. The highest BCUT2D eigenvalue weighted by molar-refractivity contribution is 9.10. The molecular weight excluding hydrogens is 537 g/mol. The molecule has 2 rings (SSSR count). The molecule has 0 radical (unpaired) electrons. The topological polar surface area (TPSA) is 116 Å². The molecule has 0 aliphatic carbocycles. The predicted octanol–water partition coefficient (Wildman–Crippen LogP) is 7.01. The van der Waals surface area contributed by atoms with Gasteiger partial charge < -0.3 is 14.6 Å². The number of hydrogen-bond acceptors (Lipinski definition) is 6. The number of carboxylic acid groups (broad SMARTS) is 1. The number of nitrogens with zero attached hydrogens (tertiary/aromatic N) is 1. The van der Waals surface area contributed by atoms with E-state index in [9.17, 15) is 24.8 Å². The Morgan fingerprint density at radius 1 is 1.09 bits per heavy atom. The number of hydrogen-bond donors (Lipinski definition) is 1. The summed E-state index contributed by atoms with van der Waals surface area (Å²) in [4.78, 5) is 36.4. The molecule has 0 aromatic heterocycles. The monoisotopic (exact) mass is 559 g/mol. The fourth-order valence-corrected chi connectivity index (χ4v) is 5.02. The summed E-state index contributed by atoms with van der Waals surface area (Å²) in [5, 5.41) is 21.8. The van der Waals surface area contributed by atoms with E-state index in [-0.39, 0.29) is 10.8 Å². The van der Waals surface area contributed by atoms with Crippen molar-refractivity contribution in [1.82, 2.24) is 0 Å². The summed E-state index contributed by atoms with van der Waals surface area (Å²) in [5.41, 5.74) is -5.10. The van der Waals surface area contributed by atoms with E-state index >= 15 is 4.39 Å². The molecular formula is C23H24BrClFNO7. The van der Waals surface area contributed by atoms with Gasteiger partial charge in [-0.1, -0.05) is 69.1 Å². The summed E-state index contributed by atoms with van der Waals surface area (Å²) in [7, 11) is 0. The molecule has 0 unspecified atom stereocenters. The number of rotatable bonds is 6. The third-order valence-corrected chi connectivity index (χ3v) is 6.05. The summed E-state index contributed by atoms with van der Waals surface area (Å²) in [6, 6.07) is 6.02. The Labute approximate surface area is 209 Å². The maximum absolute atomic E-state index is 15.4.